The minimum atomic E-state index is -3.68. The predicted octanol–water partition coefficient (Wildman–Crippen LogP) is 3.34. The number of carbonyl (C=O) groups excluding carboxylic acids is 2. The Hall–Kier alpha value is -3.49. The Bertz CT molecular complexity index is 1230. The first kappa shape index (κ1) is 23.2. The first-order valence-electron chi connectivity index (χ1n) is 9.96. The number of ether oxygens (including phenoxy) is 1. The van der Waals surface area contributed by atoms with Crippen LogP contribution >= 0.6 is 0 Å². The van der Waals surface area contributed by atoms with E-state index in [1.165, 1.54) is 30.3 Å². The molecule has 3 aromatic carbocycles. The first-order chi connectivity index (χ1) is 15.3. The summed E-state index contributed by atoms with van der Waals surface area (Å²) >= 11 is 0. The molecular formula is C24H24N2O5S. The predicted molar refractivity (Wildman–Crippen MR) is 123 cm³/mol. The molecule has 166 valence electrons. The summed E-state index contributed by atoms with van der Waals surface area (Å²) in [6.07, 6.45) is 1.43. The zero-order chi connectivity index (χ0) is 23.1. The Morgan fingerprint density at radius 3 is 2.44 bits per heavy atom. The van der Waals surface area contributed by atoms with E-state index in [2.05, 4.69) is 16.6 Å². The number of fused-ring (bicyclic) bond motifs is 1. The van der Waals surface area contributed by atoms with Crippen molar-refractivity contribution in [1.82, 2.24) is 10.0 Å². The van der Waals surface area contributed by atoms with E-state index >= 15 is 0 Å². The zero-order valence-electron chi connectivity index (χ0n) is 17.6. The number of rotatable bonds is 9. The minimum Gasteiger partial charge on any atom is -0.452 e. The van der Waals surface area contributed by atoms with Crippen molar-refractivity contribution in [1.29, 1.82) is 0 Å². The van der Waals surface area contributed by atoms with Crippen molar-refractivity contribution in [3.63, 3.8) is 0 Å². The van der Waals surface area contributed by atoms with E-state index in [0.29, 0.717) is 0 Å². The van der Waals surface area contributed by atoms with Gasteiger partial charge in [-0.2, -0.15) is 0 Å². The summed E-state index contributed by atoms with van der Waals surface area (Å²) in [5.41, 5.74) is 1.10. The number of hydrogen-bond acceptors (Lipinski definition) is 5. The Morgan fingerprint density at radius 2 is 1.72 bits per heavy atom. The molecule has 0 aliphatic carbocycles. The van der Waals surface area contributed by atoms with Crippen molar-refractivity contribution in [2.75, 3.05) is 13.2 Å². The lowest BCUT2D eigenvalue weighted by Crippen LogP contribution is -2.31. The zero-order valence-corrected chi connectivity index (χ0v) is 18.4. The van der Waals surface area contributed by atoms with Crippen LogP contribution in [-0.4, -0.2) is 33.4 Å². The van der Waals surface area contributed by atoms with Gasteiger partial charge in [0.1, 0.15) is 0 Å². The molecular weight excluding hydrogens is 428 g/mol. The molecule has 0 aromatic heterocycles. The van der Waals surface area contributed by atoms with E-state index in [1.807, 2.05) is 49.4 Å². The second kappa shape index (κ2) is 10.2. The van der Waals surface area contributed by atoms with Gasteiger partial charge in [0.15, 0.2) is 6.61 Å². The number of hydrogen-bond donors (Lipinski definition) is 2. The van der Waals surface area contributed by atoms with E-state index < -0.39 is 28.5 Å². The molecule has 7 nitrogen and oxygen atoms in total. The topological polar surface area (TPSA) is 102 Å². The van der Waals surface area contributed by atoms with E-state index in [9.17, 15) is 18.0 Å². The molecule has 1 unspecified atom stereocenters. The first-order valence-corrected chi connectivity index (χ1v) is 11.4. The van der Waals surface area contributed by atoms with Crippen molar-refractivity contribution in [3.05, 3.63) is 90.5 Å². The minimum absolute atomic E-state index is 0.0116. The molecule has 3 rings (SSSR count). The third-order valence-electron chi connectivity index (χ3n) is 4.82. The van der Waals surface area contributed by atoms with Crippen LogP contribution in [-0.2, 0) is 19.6 Å². The smallest absolute Gasteiger partial charge is 0.338 e. The van der Waals surface area contributed by atoms with Crippen LogP contribution in [0, 0.1) is 0 Å². The number of benzene rings is 3. The molecule has 32 heavy (non-hydrogen) atoms. The Labute approximate surface area is 187 Å². The Kier molecular flexibility index (Phi) is 7.40. The van der Waals surface area contributed by atoms with Crippen molar-refractivity contribution in [2.45, 2.75) is 17.9 Å². The average Bonchev–Trinajstić information content (AvgIpc) is 2.81. The number of esters is 1. The highest BCUT2D eigenvalue weighted by atomic mass is 32.2. The third-order valence-corrected chi connectivity index (χ3v) is 6.26. The monoisotopic (exact) mass is 452 g/mol. The molecule has 3 aromatic rings. The van der Waals surface area contributed by atoms with Gasteiger partial charge in [0.2, 0.25) is 10.0 Å². The van der Waals surface area contributed by atoms with E-state index in [0.717, 1.165) is 16.3 Å². The van der Waals surface area contributed by atoms with Gasteiger partial charge in [0.05, 0.1) is 16.5 Å². The van der Waals surface area contributed by atoms with Gasteiger partial charge in [-0.1, -0.05) is 48.5 Å². The number of amides is 1. The second-order valence-electron chi connectivity index (χ2n) is 7.10. The van der Waals surface area contributed by atoms with Crippen LogP contribution in [0.1, 0.15) is 28.9 Å². The second-order valence-corrected chi connectivity index (χ2v) is 8.87. The van der Waals surface area contributed by atoms with Crippen LogP contribution in [0.2, 0.25) is 0 Å². The fourth-order valence-electron chi connectivity index (χ4n) is 3.23. The van der Waals surface area contributed by atoms with Crippen LogP contribution in [0.5, 0.6) is 0 Å². The van der Waals surface area contributed by atoms with Gasteiger partial charge in [-0.3, -0.25) is 4.79 Å². The maximum Gasteiger partial charge on any atom is 0.338 e. The molecule has 0 saturated carbocycles. The highest BCUT2D eigenvalue weighted by Gasteiger charge is 2.17. The van der Waals surface area contributed by atoms with Crippen LogP contribution in [0.15, 0.2) is 84.3 Å². The van der Waals surface area contributed by atoms with Gasteiger partial charge >= 0.3 is 5.97 Å². The van der Waals surface area contributed by atoms with Crippen LogP contribution < -0.4 is 10.0 Å². The lowest BCUT2D eigenvalue weighted by molar-refractivity contribution is -0.124. The Balaban J connectivity index is 1.57. The molecule has 0 fully saturated rings. The van der Waals surface area contributed by atoms with Crippen LogP contribution in [0.3, 0.4) is 0 Å². The summed E-state index contributed by atoms with van der Waals surface area (Å²) in [5.74, 6) is -1.16. The van der Waals surface area contributed by atoms with Crippen LogP contribution in [0.25, 0.3) is 10.8 Å². The van der Waals surface area contributed by atoms with Gasteiger partial charge < -0.3 is 10.1 Å². The molecule has 0 aliphatic heterocycles. The summed E-state index contributed by atoms with van der Waals surface area (Å²) in [4.78, 5) is 24.5. The molecule has 8 heteroatoms. The number of carbonyl (C=O) groups is 2. The van der Waals surface area contributed by atoms with Gasteiger partial charge in [-0.25, -0.2) is 17.9 Å². The molecule has 1 amide bonds. The van der Waals surface area contributed by atoms with Crippen molar-refractivity contribution < 1.29 is 22.7 Å². The molecule has 0 radical (unpaired) electrons. The number of nitrogens with one attached hydrogen (secondary N) is 2. The van der Waals surface area contributed by atoms with Gasteiger partial charge in [-0.15, -0.1) is 6.58 Å². The van der Waals surface area contributed by atoms with Crippen molar-refractivity contribution in [2.24, 2.45) is 0 Å². The summed E-state index contributed by atoms with van der Waals surface area (Å²) in [6, 6.07) is 18.7. The molecule has 0 spiro atoms. The van der Waals surface area contributed by atoms with Crippen molar-refractivity contribution in [3.8, 4) is 0 Å². The van der Waals surface area contributed by atoms with E-state index in [4.69, 9.17) is 4.74 Å². The molecule has 0 bridgehead atoms. The van der Waals surface area contributed by atoms with E-state index in [-0.39, 0.29) is 23.0 Å². The molecule has 0 aliphatic rings. The largest absolute Gasteiger partial charge is 0.452 e. The normalized spacial score (nSPS) is 12.2. The van der Waals surface area contributed by atoms with E-state index in [1.54, 1.807) is 0 Å². The highest BCUT2D eigenvalue weighted by molar-refractivity contribution is 7.89. The van der Waals surface area contributed by atoms with Gasteiger partial charge in [0.25, 0.3) is 5.91 Å². The fraction of sp³-hybridized carbons (Fsp3) is 0.167. The summed E-state index contributed by atoms with van der Waals surface area (Å²) in [7, 11) is -3.68. The average molecular weight is 453 g/mol. The molecule has 1 atom stereocenters. The quantitative estimate of drug-likeness (QED) is 0.383. The SMILES string of the molecule is C=CCNS(=O)(=O)c1ccc(C(=O)OCC(=O)NC(C)c2cccc3ccccc23)cc1. The van der Waals surface area contributed by atoms with Crippen LogP contribution in [0.4, 0.5) is 0 Å². The third kappa shape index (κ3) is 5.60. The molecule has 0 heterocycles. The van der Waals surface area contributed by atoms with Crippen molar-refractivity contribution >= 4 is 32.7 Å². The standard InChI is InChI=1S/C24H24N2O5S/c1-3-15-25-32(29,30)20-13-11-19(12-14-20)24(28)31-16-23(27)26-17(2)21-10-6-8-18-7-4-5-9-22(18)21/h3-14,17,25H,1,15-16H2,2H3,(H,26,27). The fourth-order valence-corrected chi connectivity index (χ4v) is 4.22. The summed E-state index contributed by atoms with van der Waals surface area (Å²) < 4.78 is 31.5. The van der Waals surface area contributed by atoms with Gasteiger partial charge in [-0.05, 0) is 47.5 Å². The maximum atomic E-state index is 12.3. The van der Waals surface area contributed by atoms with Gasteiger partial charge in [0, 0.05) is 6.54 Å². The Morgan fingerprint density at radius 1 is 1.03 bits per heavy atom. The summed E-state index contributed by atoms with van der Waals surface area (Å²) in [5, 5.41) is 4.94. The lowest BCUT2D eigenvalue weighted by Gasteiger charge is -2.16. The lowest BCUT2D eigenvalue weighted by atomic mass is 10.00. The number of sulfonamides is 1. The highest BCUT2D eigenvalue weighted by Crippen LogP contribution is 2.24. The maximum absolute atomic E-state index is 12.3. The molecule has 0 saturated heterocycles. The molecule has 2 N–H and O–H groups in total. The summed E-state index contributed by atoms with van der Waals surface area (Å²) in [6.45, 7) is 4.97.